The fraction of sp³-hybridized carbons (Fsp3) is 0.750. The number of ketones is 1. The Balaban J connectivity index is 2.99. The highest BCUT2D eigenvalue weighted by Crippen LogP contribution is 2.38. The third-order valence-corrected chi connectivity index (χ3v) is 3.07. The first-order chi connectivity index (χ1) is 7.55. The van der Waals surface area contributed by atoms with Crippen LogP contribution in [0, 0.1) is 15.5 Å². The van der Waals surface area contributed by atoms with E-state index in [0.717, 1.165) is 0 Å². The van der Waals surface area contributed by atoms with Gasteiger partial charge in [-0.3, -0.25) is 14.9 Å². The average Bonchev–Trinajstić information content (AvgIpc) is 2.09. The van der Waals surface area contributed by atoms with Gasteiger partial charge in [-0.2, -0.15) is 0 Å². The van der Waals surface area contributed by atoms with Gasteiger partial charge < -0.3 is 5.11 Å². The second kappa shape index (κ2) is 4.13. The fourth-order valence-electron chi connectivity index (χ4n) is 2.02. The van der Waals surface area contributed by atoms with E-state index < -0.39 is 10.5 Å². The first kappa shape index (κ1) is 13.7. The van der Waals surface area contributed by atoms with Gasteiger partial charge >= 0.3 is 0 Å². The van der Waals surface area contributed by atoms with Crippen LogP contribution in [-0.4, -0.2) is 21.4 Å². The molecule has 0 unspecified atom stereocenters. The van der Waals surface area contributed by atoms with Gasteiger partial charge in [0.15, 0.2) is 5.78 Å². The van der Waals surface area contributed by atoms with Crippen molar-refractivity contribution in [2.24, 2.45) is 5.41 Å². The Morgan fingerprint density at radius 1 is 1.41 bits per heavy atom. The molecule has 0 aromatic carbocycles. The smallest absolute Gasteiger partial charge is 0.221 e. The summed E-state index contributed by atoms with van der Waals surface area (Å²) in [5, 5.41) is 20.7. The van der Waals surface area contributed by atoms with Gasteiger partial charge in [-0.25, -0.2) is 0 Å². The van der Waals surface area contributed by atoms with Crippen LogP contribution in [0.4, 0.5) is 0 Å². The van der Waals surface area contributed by atoms with Crippen molar-refractivity contribution in [1.29, 1.82) is 0 Å². The highest BCUT2D eigenvalue weighted by atomic mass is 16.6. The number of rotatable bonds is 3. The van der Waals surface area contributed by atoms with Crippen molar-refractivity contribution in [1.82, 2.24) is 0 Å². The number of aliphatic hydroxyl groups excluding tert-OH is 1. The number of nitro groups is 1. The molecule has 1 rings (SSSR count). The molecule has 5 nitrogen and oxygen atoms in total. The lowest BCUT2D eigenvalue weighted by Crippen LogP contribution is -2.35. The molecule has 17 heavy (non-hydrogen) atoms. The van der Waals surface area contributed by atoms with Crippen LogP contribution in [0.15, 0.2) is 11.3 Å². The largest absolute Gasteiger partial charge is 0.512 e. The van der Waals surface area contributed by atoms with Crippen LogP contribution in [0.3, 0.4) is 0 Å². The number of nitrogens with zero attached hydrogens (tertiary/aromatic N) is 1. The summed E-state index contributed by atoms with van der Waals surface area (Å²) in [5.74, 6) is -0.158. The van der Waals surface area contributed by atoms with Crippen LogP contribution in [0.25, 0.3) is 0 Å². The molecule has 0 aromatic rings. The van der Waals surface area contributed by atoms with E-state index in [9.17, 15) is 20.0 Å². The van der Waals surface area contributed by atoms with Gasteiger partial charge in [-0.1, -0.05) is 13.8 Å². The summed E-state index contributed by atoms with van der Waals surface area (Å²) in [6.07, 6.45) is 0.725. The monoisotopic (exact) mass is 241 g/mol. The van der Waals surface area contributed by atoms with Crippen molar-refractivity contribution in [3.63, 3.8) is 0 Å². The van der Waals surface area contributed by atoms with Crippen molar-refractivity contribution in [2.45, 2.75) is 52.5 Å². The predicted molar refractivity (Wildman–Crippen MR) is 63.4 cm³/mol. The molecule has 0 aliphatic heterocycles. The third-order valence-electron chi connectivity index (χ3n) is 3.07. The molecule has 1 N–H and O–H groups in total. The molecule has 0 saturated carbocycles. The van der Waals surface area contributed by atoms with Gasteiger partial charge in [0.2, 0.25) is 5.54 Å². The van der Waals surface area contributed by atoms with E-state index in [1.54, 1.807) is 0 Å². The van der Waals surface area contributed by atoms with Crippen LogP contribution in [0.1, 0.15) is 47.0 Å². The molecular formula is C12H19NO4. The molecule has 0 heterocycles. The lowest BCUT2D eigenvalue weighted by atomic mass is 9.74. The zero-order valence-electron chi connectivity index (χ0n) is 10.7. The van der Waals surface area contributed by atoms with Crippen LogP contribution < -0.4 is 0 Å². The molecule has 0 spiro atoms. The summed E-state index contributed by atoms with van der Waals surface area (Å²) in [6, 6.07) is 0. The number of hydrogen-bond donors (Lipinski definition) is 1. The van der Waals surface area contributed by atoms with Gasteiger partial charge in [0.25, 0.3) is 0 Å². The van der Waals surface area contributed by atoms with Gasteiger partial charge in [0.05, 0.1) is 5.76 Å². The van der Waals surface area contributed by atoms with E-state index in [4.69, 9.17) is 0 Å². The minimum atomic E-state index is -1.22. The molecule has 1 aliphatic carbocycles. The molecule has 0 amide bonds. The number of carbonyl (C=O) groups is 1. The highest BCUT2D eigenvalue weighted by Gasteiger charge is 2.39. The zero-order valence-corrected chi connectivity index (χ0v) is 10.7. The van der Waals surface area contributed by atoms with Crippen molar-refractivity contribution in [2.75, 3.05) is 0 Å². The van der Waals surface area contributed by atoms with E-state index in [-0.39, 0.29) is 29.0 Å². The lowest BCUT2D eigenvalue weighted by Gasteiger charge is -2.30. The second-order valence-electron chi connectivity index (χ2n) is 6.11. The standard InChI is InChI=1S/C12H19NO4/c1-11(2)6-9(14)8(10(15)7-11)5-12(3,4)13(16)17/h14H,5-7H2,1-4H3. The molecular weight excluding hydrogens is 222 g/mol. The Kier molecular flexibility index (Phi) is 3.32. The maximum atomic E-state index is 11.9. The maximum absolute atomic E-state index is 11.9. The van der Waals surface area contributed by atoms with Crippen LogP contribution in [-0.2, 0) is 4.79 Å². The fourth-order valence-corrected chi connectivity index (χ4v) is 2.02. The van der Waals surface area contributed by atoms with E-state index >= 15 is 0 Å². The summed E-state index contributed by atoms with van der Waals surface area (Å²) in [5.41, 5.74) is -1.25. The summed E-state index contributed by atoms with van der Waals surface area (Å²) in [6.45, 7) is 6.72. The topological polar surface area (TPSA) is 80.4 Å². The first-order valence-corrected chi connectivity index (χ1v) is 5.64. The Labute approximate surface area is 101 Å². The number of Topliss-reactive ketones (excluding diaryl/α,β-unsaturated/α-hetero) is 1. The highest BCUT2D eigenvalue weighted by molar-refractivity contribution is 5.97. The molecule has 0 radical (unpaired) electrons. The van der Waals surface area contributed by atoms with Gasteiger partial charge in [0.1, 0.15) is 0 Å². The summed E-state index contributed by atoms with van der Waals surface area (Å²) >= 11 is 0. The molecule has 0 bridgehead atoms. The van der Waals surface area contributed by atoms with Gasteiger partial charge in [0, 0.05) is 43.6 Å². The molecule has 0 aromatic heterocycles. The Bertz CT molecular complexity index is 393. The Morgan fingerprint density at radius 2 is 1.94 bits per heavy atom. The summed E-state index contributed by atoms with van der Waals surface area (Å²) < 4.78 is 0. The average molecular weight is 241 g/mol. The van der Waals surface area contributed by atoms with E-state index in [0.29, 0.717) is 12.8 Å². The zero-order chi connectivity index (χ0) is 13.4. The van der Waals surface area contributed by atoms with Gasteiger partial charge in [-0.15, -0.1) is 0 Å². The SMILES string of the molecule is CC1(C)CC(=O)C(CC(C)(C)[N+](=O)[O-])=C(O)C1. The number of allylic oxidation sites excluding steroid dienone is 1. The van der Waals surface area contributed by atoms with Crippen molar-refractivity contribution in [3.8, 4) is 0 Å². The van der Waals surface area contributed by atoms with Crippen LogP contribution >= 0.6 is 0 Å². The van der Waals surface area contributed by atoms with Crippen molar-refractivity contribution < 1.29 is 14.8 Å². The summed E-state index contributed by atoms with van der Waals surface area (Å²) in [4.78, 5) is 22.3. The minimum Gasteiger partial charge on any atom is -0.512 e. The number of aliphatic hydroxyl groups is 1. The normalized spacial score (nSPS) is 20.6. The van der Waals surface area contributed by atoms with Crippen LogP contribution in [0.2, 0.25) is 0 Å². The number of hydrogen-bond acceptors (Lipinski definition) is 4. The molecule has 96 valence electrons. The summed E-state index contributed by atoms with van der Waals surface area (Å²) in [7, 11) is 0. The van der Waals surface area contributed by atoms with Crippen LogP contribution in [0.5, 0.6) is 0 Å². The molecule has 1 aliphatic rings. The van der Waals surface area contributed by atoms with Crippen molar-refractivity contribution in [3.05, 3.63) is 21.4 Å². The van der Waals surface area contributed by atoms with E-state index in [1.807, 2.05) is 13.8 Å². The molecule has 0 fully saturated rings. The van der Waals surface area contributed by atoms with E-state index in [2.05, 4.69) is 0 Å². The molecule has 5 heteroatoms. The minimum absolute atomic E-state index is 0.0131. The predicted octanol–water partition coefficient (Wildman–Crippen LogP) is 2.63. The second-order valence-corrected chi connectivity index (χ2v) is 6.11. The first-order valence-electron chi connectivity index (χ1n) is 5.64. The van der Waals surface area contributed by atoms with Crippen molar-refractivity contribution >= 4 is 5.78 Å². The Hall–Kier alpha value is -1.39. The third kappa shape index (κ3) is 3.05. The Morgan fingerprint density at radius 3 is 2.35 bits per heavy atom. The quantitative estimate of drug-likeness (QED) is 0.608. The van der Waals surface area contributed by atoms with E-state index in [1.165, 1.54) is 13.8 Å². The molecule has 0 atom stereocenters. The number of carbonyl (C=O) groups excluding carboxylic acids is 1. The molecule has 0 saturated heterocycles. The lowest BCUT2D eigenvalue weighted by molar-refractivity contribution is -0.559. The maximum Gasteiger partial charge on any atom is 0.221 e. The van der Waals surface area contributed by atoms with Gasteiger partial charge in [-0.05, 0) is 5.41 Å².